The van der Waals surface area contributed by atoms with Gasteiger partial charge in [-0.1, -0.05) is 44.7 Å². The molecule has 1 aromatic rings. The second-order valence-electron chi connectivity index (χ2n) is 7.67. The Hall–Kier alpha value is -1.49. The van der Waals surface area contributed by atoms with E-state index in [1.165, 1.54) is 31.9 Å². The maximum absolute atomic E-state index is 13.4. The number of hydrogen-bond donors (Lipinski definition) is 0. The summed E-state index contributed by atoms with van der Waals surface area (Å²) in [6.07, 6.45) is 9.37. The van der Waals surface area contributed by atoms with Gasteiger partial charge in [-0.05, 0) is 49.3 Å². The number of methoxy groups -OCH3 is 1. The van der Waals surface area contributed by atoms with E-state index in [1.807, 2.05) is 17.0 Å². The summed E-state index contributed by atoms with van der Waals surface area (Å²) in [5.74, 6) is 0.779. The van der Waals surface area contributed by atoms with E-state index in [9.17, 15) is 9.59 Å². The minimum Gasteiger partial charge on any atom is -0.467 e. The van der Waals surface area contributed by atoms with Crippen LogP contribution in [0, 0.1) is 5.92 Å². The van der Waals surface area contributed by atoms with Gasteiger partial charge in [-0.15, -0.1) is 11.8 Å². The Morgan fingerprint density at radius 1 is 1.15 bits per heavy atom. The molecule has 1 saturated heterocycles. The summed E-state index contributed by atoms with van der Waals surface area (Å²) in [6, 6.07) is 7.47. The van der Waals surface area contributed by atoms with E-state index in [-0.39, 0.29) is 17.3 Å². The molecule has 1 aromatic carbocycles. The normalized spacial score (nSPS) is 23.4. The van der Waals surface area contributed by atoms with Crippen molar-refractivity contribution in [1.82, 2.24) is 4.90 Å². The van der Waals surface area contributed by atoms with Crippen LogP contribution < -0.4 is 0 Å². The van der Waals surface area contributed by atoms with Gasteiger partial charge in [0.05, 0.1) is 12.5 Å². The van der Waals surface area contributed by atoms with Crippen LogP contribution in [0.3, 0.4) is 0 Å². The van der Waals surface area contributed by atoms with Gasteiger partial charge < -0.3 is 9.64 Å². The number of hydrogen-bond acceptors (Lipinski definition) is 4. The van der Waals surface area contributed by atoms with Gasteiger partial charge in [-0.25, -0.2) is 4.79 Å². The van der Waals surface area contributed by atoms with Crippen molar-refractivity contribution in [3.05, 3.63) is 35.4 Å². The van der Waals surface area contributed by atoms with Crippen molar-refractivity contribution in [2.24, 2.45) is 5.92 Å². The fourth-order valence-corrected chi connectivity index (χ4v) is 5.85. The molecule has 0 aromatic heterocycles. The van der Waals surface area contributed by atoms with Gasteiger partial charge >= 0.3 is 5.97 Å². The minimum atomic E-state index is -0.473. The zero-order valence-electron chi connectivity index (χ0n) is 16.5. The predicted molar refractivity (Wildman–Crippen MR) is 110 cm³/mol. The van der Waals surface area contributed by atoms with E-state index >= 15 is 0 Å². The number of carbonyl (C=O) groups is 2. The van der Waals surface area contributed by atoms with Crippen molar-refractivity contribution < 1.29 is 14.3 Å². The maximum Gasteiger partial charge on any atom is 0.329 e. The first-order chi connectivity index (χ1) is 13.2. The van der Waals surface area contributed by atoms with Gasteiger partial charge in [0.25, 0.3) is 5.91 Å². The fourth-order valence-electron chi connectivity index (χ4n) is 4.23. The molecule has 0 N–H and O–H groups in total. The Bertz CT molecular complexity index is 639. The molecule has 0 bridgehead atoms. The second-order valence-corrected chi connectivity index (χ2v) is 8.82. The van der Waals surface area contributed by atoms with E-state index in [0.29, 0.717) is 17.2 Å². The van der Waals surface area contributed by atoms with E-state index in [1.54, 1.807) is 11.8 Å². The monoisotopic (exact) mass is 389 g/mol. The second kappa shape index (κ2) is 9.63. The van der Waals surface area contributed by atoms with Crippen LogP contribution in [-0.4, -0.2) is 41.1 Å². The summed E-state index contributed by atoms with van der Waals surface area (Å²) >= 11 is 1.75. The topological polar surface area (TPSA) is 46.6 Å². The van der Waals surface area contributed by atoms with Crippen molar-refractivity contribution in [1.29, 1.82) is 0 Å². The largest absolute Gasteiger partial charge is 0.467 e. The molecule has 2 aliphatic rings. The number of nitrogens with zero attached hydrogens (tertiary/aromatic N) is 1. The summed E-state index contributed by atoms with van der Waals surface area (Å²) < 4.78 is 5.00. The lowest BCUT2D eigenvalue weighted by Crippen LogP contribution is -2.48. The lowest BCUT2D eigenvalue weighted by molar-refractivity contribution is -0.145. The van der Waals surface area contributed by atoms with Crippen molar-refractivity contribution in [3.63, 3.8) is 0 Å². The van der Waals surface area contributed by atoms with Gasteiger partial charge in [0, 0.05) is 11.3 Å². The van der Waals surface area contributed by atoms with Crippen LogP contribution in [0.2, 0.25) is 0 Å². The minimum absolute atomic E-state index is 0.0342. The standard InChI is InChI=1S/C22H31NO3S/c1-3-4-8-16-11-13-17(14-12-16)20(24)23-19(22(25)26-2)15-27-21(23)18-9-6-5-7-10-18/h11-14,18-19,21H,3-10,15H2,1-2H3/t19-,21-/m1/s1. The van der Waals surface area contributed by atoms with Crippen LogP contribution >= 0.6 is 11.8 Å². The summed E-state index contributed by atoms with van der Waals surface area (Å²) in [6.45, 7) is 2.18. The molecule has 2 fully saturated rings. The molecule has 4 nitrogen and oxygen atoms in total. The summed E-state index contributed by atoms with van der Waals surface area (Å²) in [4.78, 5) is 27.5. The summed E-state index contributed by atoms with van der Waals surface area (Å²) in [5.41, 5.74) is 1.94. The number of ether oxygens (including phenoxy) is 1. The molecule has 5 heteroatoms. The molecule has 1 aliphatic heterocycles. The highest BCUT2D eigenvalue weighted by Gasteiger charge is 2.45. The third kappa shape index (κ3) is 4.68. The van der Waals surface area contributed by atoms with Crippen LogP contribution in [-0.2, 0) is 16.0 Å². The van der Waals surface area contributed by atoms with E-state index < -0.39 is 6.04 Å². The first-order valence-electron chi connectivity index (χ1n) is 10.3. The zero-order valence-corrected chi connectivity index (χ0v) is 17.3. The first-order valence-corrected chi connectivity index (χ1v) is 11.3. The molecule has 27 heavy (non-hydrogen) atoms. The smallest absolute Gasteiger partial charge is 0.329 e. The average molecular weight is 390 g/mol. The van der Waals surface area contributed by atoms with Gasteiger partial charge in [-0.3, -0.25) is 4.79 Å². The van der Waals surface area contributed by atoms with Gasteiger partial charge in [-0.2, -0.15) is 0 Å². The third-order valence-electron chi connectivity index (χ3n) is 5.82. The Morgan fingerprint density at radius 3 is 2.48 bits per heavy atom. The lowest BCUT2D eigenvalue weighted by Gasteiger charge is -2.35. The maximum atomic E-state index is 13.4. The number of thioether (sulfide) groups is 1. The van der Waals surface area contributed by atoms with Crippen LogP contribution in [0.4, 0.5) is 0 Å². The molecule has 3 rings (SSSR count). The Labute approximate surface area is 167 Å². The van der Waals surface area contributed by atoms with Crippen molar-refractivity contribution in [2.45, 2.75) is 69.7 Å². The van der Waals surface area contributed by atoms with Crippen LogP contribution in [0.1, 0.15) is 67.8 Å². The number of carbonyl (C=O) groups excluding carboxylic acids is 2. The summed E-state index contributed by atoms with van der Waals surface area (Å²) in [7, 11) is 1.41. The molecule has 0 spiro atoms. The molecule has 1 saturated carbocycles. The van der Waals surface area contributed by atoms with Gasteiger partial charge in [0.2, 0.25) is 0 Å². The van der Waals surface area contributed by atoms with Crippen molar-refractivity contribution in [3.8, 4) is 0 Å². The number of amides is 1. The SMILES string of the molecule is CCCCc1ccc(C(=O)N2[C@@H](C(=O)OC)CS[C@@H]2C2CCCCC2)cc1. The van der Waals surface area contributed by atoms with Crippen molar-refractivity contribution >= 4 is 23.6 Å². The van der Waals surface area contributed by atoms with Gasteiger partial charge in [0.1, 0.15) is 6.04 Å². The number of rotatable bonds is 6. The van der Waals surface area contributed by atoms with Crippen LogP contribution in [0.25, 0.3) is 0 Å². The molecular weight excluding hydrogens is 358 g/mol. The first kappa shape index (κ1) is 20.2. The fraction of sp³-hybridized carbons (Fsp3) is 0.636. The highest BCUT2D eigenvalue weighted by molar-refractivity contribution is 8.00. The quantitative estimate of drug-likeness (QED) is 0.664. The summed E-state index contributed by atoms with van der Waals surface area (Å²) in [5, 5.41) is 0.0849. The van der Waals surface area contributed by atoms with E-state index in [4.69, 9.17) is 4.74 Å². The number of esters is 1. The molecule has 1 amide bonds. The molecule has 0 unspecified atom stereocenters. The number of unbranched alkanes of at least 4 members (excludes halogenated alkanes) is 1. The highest BCUT2D eigenvalue weighted by atomic mass is 32.2. The molecule has 1 aliphatic carbocycles. The molecular formula is C22H31NO3S. The predicted octanol–water partition coefficient (Wildman–Crippen LogP) is 4.67. The molecule has 148 valence electrons. The zero-order chi connectivity index (χ0) is 19.2. The Balaban J connectivity index is 1.80. The van der Waals surface area contributed by atoms with E-state index in [2.05, 4.69) is 19.1 Å². The Kier molecular flexibility index (Phi) is 7.22. The van der Waals surface area contributed by atoms with Crippen LogP contribution in [0.15, 0.2) is 24.3 Å². The van der Waals surface area contributed by atoms with E-state index in [0.717, 1.165) is 32.1 Å². The van der Waals surface area contributed by atoms with Crippen LogP contribution in [0.5, 0.6) is 0 Å². The highest BCUT2D eigenvalue weighted by Crippen LogP contribution is 2.41. The van der Waals surface area contributed by atoms with Crippen molar-refractivity contribution in [2.75, 3.05) is 12.9 Å². The molecule has 1 heterocycles. The molecule has 0 radical (unpaired) electrons. The molecule has 2 atom stereocenters. The average Bonchev–Trinajstić information content (AvgIpc) is 3.17. The van der Waals surface area contributed by atoms with Gasteiger partial charge in [0.15, 0.2) is 0 Å². The third-order valence-corrected chi connectivity index (χ3v) is 7.28. The Morgan fingerprint density at radius 2 is 1.85 bits per heavy atom. The number of benzene rings is 1. The lowest BCUT2D eigenvalue weighted by atomic mass is 9.88. The number of aryl methyl sites for hydroxylation is 1.